The first-order chi connectivity index (χ1) is 24.7. The molecule has 2 saturated heterocycles. The lowest BCUT2D eigenvalue weighted by Gasteiger charge is -2.29. The van der Waals surface area contributed by atoms with Gasteiger partial charge in [0.1, 0.15) is 42.4 Å². The Hall–Kier alpha value is -3.23. The molecule has 2 fully saturated rings. The molecule has 0 bridgehead atoms. The second kappa shape index (κ2) is 14.4. The van der Waals surface area contributed by atoms with Gasteiger partial charge in [0, 0.05) is 7.11 Å². The number of nitrogens with two attached hydrogens (primary N) is 1. The van der Waals surface area contributed by atoms with Crippen molar-refractivity contribution in [1.82, 2.24) is 34.1 Å². The van der Waals surface area contributed by atoms with E-state index in [4.69, 9.17) is 36.6 Å². The van der Waals surface area contributed by atoms with Crippen LogP contribution in [0.1, 0.15) is 18.3 Å². The normalized spacial score (nSPS) is 29.8. The second-order valence-corrected chi connectivity index (χ2v) is 16.5. The summed E-state index contributed by atoms with van der Waals surface area (Å²) in [5, 5.41) is 32.1. The Kier molecular flexibility index (Phi) is 10.8. The number of rotatable bonds is 13. The summed E-state index contributed by atoms with van der Waals surface area (Å²) < 4.78 is 76.5. The summed E-state index contributed by atoms with van der Waals surface area (Å²) in [5.41, 5.74) is 4.46. The summed E-state index contributed by atoms with van der Waals surface area (Å²) in [6.07, 6.45) is -9.16. The van der Waals surface area contributed by atoms with E-state index >= 15 is 0 Å². The Morgan fingerprint density at radius 3 is 2.38 bits per heavy atom. The van der Waals surface area contributed by atoms with E-state index in [1.807, 2.05) is 0 Å². The van der Waals surface area contributed by atoms with Crippen molar-refractivity contribution in [1.29, 1.82) is 0 Å². The highest BCUT2D eigenvalue weighted by Gasteiger charge is 2.49. The quantitative estimate of drug-likeness (QED) is 0.0379. The van der Waals surface area contributed by atoms with Crippen LogP contribution in [0.15, 0.2) is 22.2 Å². The monoisotopic (exact) mass is 810 g/mol. The van der Waals surface area contributed by atoms with Gasteiger partial charge in [0.25, 0.3) is 17.1 Å². The number of fused-ring (bicyclic) bond motifs is 2. The molecule has 5 unspecified atom stereocenters. The number of methoxy groups -OCH3 is 1. The largest absolute Gasteiger partial charge is 0.485 e. The molecule has 6 heterocycles. The number of phosphoric ester groups is 1. The predicted octanol–water partition coefficient (Wildman–Crippen LogP) is -2.99. The lowest BCUT2D eigenvalue weighted by atomic mass is 10.1. The van der Waals surface area contributed by atoms with Gasteiger partial charge in [0.2, 0.25) is 11.7 Å². The van der Waals surface area contributed by atoms with Crippen LogP contribution in [0.2, 0.25) is 0 Å². The van der Waals surface area contributed by atoms with Crippen molar-refractivity contribution in [2.45, 2.75) is 56.0 Å². The maximum Gasteiger partial charge on any atom is 0.485 e. The van der Waals surface area contributed by atoms with E-state index in [0.29, 0.717) is 0 Å². The average molecular weight is 810 g/mol. The van der Waals surface area contributed by atoms with Gasteiger partial charge < -0.3 is 66.7 Å². The van der Waals surface area contributed by atoms with Gasteiger partial charge in [-0.05, 0) is 6.92 Å². The molecular formula is C23H32BN9O17P3. The van der Waals surface area contributed by atoms with Crippen molar-refractivity contribution in [3.8, 4) is 0 Å². The summed E-state index contributed by atoms with van der Waals surface area (Å²) in [6, 6.07) is 0. The van der Waals surface area contributed by atoms with Gasteiger partial charge in [0.05, 0.1) is 34.1 Å². The lowest BCUT2D eigenvalue weighted by molar-refractivity contribution is -0.745. The summed E-state index contributed by atoms with van der Waals surface area (Å²) in [4.78, 5) is 61.8. The van der Waals surface area contributed by atoms with Gasteiger partial charge in [-0.25, -0.2) is 28.0 Å². The molecule has 0 amide bonds. The van der Waals surface area contributed by atoms with Gasteiger partial charge in [-0.3, -0.25) is 28.2 Å². The fraction of sp³-hybridized carbons (Fsp3) is 0.565. The molecule has 26 nitrogen and oxygen atoms in total. The van der Waals surface area contributed by atoms with Crippen molar-refractivity contribution in [3.63, 3.8) is 0 Å². The van der Waals surface area contributed by atoms with Crippen LogP contribution in [0, 0.1) is 6.92 Å². The van der Waals surface area contributed by atoms with Crippen LogP contribution in [-0.4, -0.2) is 124 Å². The van der Waals surface area contributed by atoms with Crippen LogP contribution in [0.5, 0.6) is 0 Å². The molecule has 289 valence electrons. The number of anilines is 1. The van der Waals surface area contributed by atoms with Crippen molar-refractivity contribution in [2.24, 2.45) is 7.05 Å². The number of hydrogen-bond acceptors (Lipinski definition) is 19. The maximum absolute atomic E-state index is 12.8. The number of H-pyrrole nitrogens is 2. The molecule has 0 aliphatic carbocycles. The number of phosphoric acid groups is 2. The van der Waals surface area contributed by atoms with E-state index in [1.54, 1.807) is 0 Å². The predicted molar refractivity (Wildman–Crippen MR) is 173 cm³/mol. The minimum atomic E-state index is -5.84. The molecular weight excluding hydrogens is 778 g/mol. The number of hydrogen-bond donors (Lipinski definition) is 8. The number of aromatic amines is 2. The van der Waals surface area contributed by atoms with E-state index in [9.17, 15) is 48.4 Å². The Bertz CT molecular complexity index is 2300. The lowest BCUT2D eigenvalue weighted by Crippen LogP contribution is -2.46. The topological polar surface area (TPSA) is 361 Å². The van der Waals surface area contributed by atoms with Crippen molar-refractivity contribution >= 4 is 59.0 Å². The average Bonchev–Trinajstić information content (AvgIpc) is 3.76. The summed E-state index contributed by atoms with van der Waals surface area (Å²) in [6.45, 7) is -0.324. The first kappa shape index (κ1) is 39.5. The highest BCUT2D eigenvalue weighted by atomic mass is 31.3. The molecule has 0 aromatic carbocycles. The van der Waals surface area contributed by atoms with E-state index in [0.717, 1.165) is 0 Å². The van der Waals surface area contributed by atoms with Crippen LogP contribution in [0.3, 0.4) is 0 Å². The summed E-state index contributed by atoms with van der Waals surface area (Å²) in [7, 11) is -8.50. The van der Waals surface area contributed by atoms with Crippen LogP contribution in [0.25, 0.3) is 22.3 Å². The number of imidazole rings is 2. The molecule has 2 aliphatic rings. The van der Waals surface area contributed by atoms with E-state index in [2.05, 4.69) is 33.5 Å². The molecule has 4 aromatic rings. The Labute approximate surface area is 296 Å². The van der Waals surface area contributed by atoms with E-state index < -0.39 is 96.5 Å². The standard InChI is InChI=1S/C23H31BN9O17P3/c1-8-27-17-11(19(37)28-8)26-6-32(17)22-15(36)16(44-3)10(48-22)5-46-52(40,41)50-53(42,43)49-51(24,39)45-4-9-13(34)14(35)21(47-9)33-7-31(2)12-18(33)29-23(25)30-20(12)38/h6-7,9-10,13-16,21-22,34-36H,4-5H2,1-3H3,(H5-,25,27,28,29,30,37,38,40,41,42,43)/q-1/p+1/t9-,10-,13+,14?,15?,16+,21-,22-,51?/m1/s1. The highest BCUT2D eigenvalue weighted by Crippen LogP contribution is 2.67. The number of ether oxygens (including phenoxy) is 3. The minimum absolute atomic E-state index is 0.0290. The molecule has 6 rings (SSSR count). The number of nitrogens with zero attached hydrogens (tertiary/aromatic N) is 6. The first-order valence-electron chi connectivity index (χ1n) is 15.0. The molecule has 11 atom stereocenters. The SMILES string of the molecule is [B-]P(=O)(OC[C@H]1O[C@@H]([n+]2cn(C)c3c(=O)[nH]c(N)nc32)C(O)[C@H]1O)OP(=O)(O)OP(=O)(O)OC[C@H]1O[C@@H](n2cnc3c(=O)[nH]c(C)nc32)C(O)[C@H]1OC. The van der Waals surface area contributed by atoms with E-state index in [1.165, 1.54) is 47.4 Å². The molecule has 4 aromatic heterocycles. The zero-order valence-corrected chi connectivity index (χ0v) is 30.2. The van der Waals surface area contributed by atoms with Crippen molar-refractivity contribution in [3.05, 3.63) is 39.2 Å². The number of aliphatic hydroxyl groups excluding tert-OH is 3. The molecule has 30 heteroatoms. The molecule has 9 N–H and O–H groups in total. The molecule has 0 saturated carbocycles. The number of aliphatic hydroxyl groups is 3. The number of nitrogen functional groups attached to an aromatic ring is 1. The third kappa shape index (κ3) is 7.96. The third-order valence-electron chi connectivity index (χ3n) is 8.05. The molecule has 53 heavy (non-hydrogen) atoms. The van der Waals surface area contributed by atoms with Crippen LogP contribution in [0.4, 0.5) is 5.95 Å². The Balaban J connectivity index is 1.06. The molecule has 2 aliphatic heterocycles. The number of aryl methyl sites for hydroxylation is 2. The zero-order valence-electron chi connectivity index (χ0n) is 27.5. The highest BCUT2D eigenvalue weighted by molar-refractivity contribution is 7.84. The van der Waals surface area contributed by atoms with Gasteiger partial charge in [-0.2, -0.15) is 4.31 Å². The summed E-state index contributed by atoms with van der Waals surface area (Å²) >= 11 is 0. The molecule has 0 spiro atoms. The van der Waals surface area contributed by atoms with E-state index in [-0.39, 0.29) is 34.1 Å². The van der Waals surface area contributed by atoms with Gasteiger partial charge in [0.15, 0.2) is 23.7 Å². The molecule has 3 radical (unpaired) electrons. The van der Waals surface area contributed by atoms with Crippen LogP contribution in [-0.2, 0) is 52.6 Å². The minimum Gasteiger partial charge on any atom is -0.443 e. The van der Waals surface area contributed by atoms with Gasteiger partial charge >= 0.3 is 21.3 Å². The number of aromatic nitrogens is 8. The zero-order chi connectivity index (χ0) is 38.8. The fourth-order valence-corrected chi connectivity index (χ4v) is 9.48. The smallest absolute Gasteiger partial charge is 0.443 e. The number of nitrogens with one attached hydrogen (secondary N) is 2. The first-order valence-corrected chi connectivity index (χ1v) is 19.6. The van der Waals surface area contributed by atoms with Crippen molar-refractivity contribution < 1.29 is 75.2 Å². The maximum atomic E-state index is 12.8. The Morgan fingerprint density at radius 2 is 1.68 bits per heavy atom. The fourth-order valence-electron chi connectivity index (χ4n) is 5.83. The van der Waals surface area contributed by atoms with Gasteiger partial charge in [-0.15, -0.1) is 0 Å². The second-order valence-electron chi connectivity index (χ2n) is 11.8. The van der Waals surface area contributed by atoms with Crippen molar-refractivity contribution in [2.75, 3.05) is 26.1 Å². The van der Waals surface area contributed by atoms with Crippen LogP contribution >= 0.6 is 23.1 Å². The Morgan fingerprint density at radius 1 is 0.981 bits per heavy atom. The summed E-state index contributed by atoms with van der Waals surface area (Å²) in [5.74, 6) is -0.0198. The van der Waals surface area contributed by atoms with Gasteiger partial charge in [-0.1, -0.05) is 4.98 Å². The third-order valence-corrected chi connectivity index (χ3v) is 12.4. The van der Waals surface area contributed by atoms with Crippen LogP contribution < -0.4 is 21.4 Å².